The lowest BCUT2D eigenvalue weighted by atomic mass is 10.0. The Morgan fingerprint density at radius 3 is 2.39 bits per heavy atom. The Kier molecular flexibility index (Phi) is 3.06. The van der Waals surface area contributed by atoms with E-state index in [4.69, 9.17) is 4.84 Å². The van der Waals surface area contributed by atoms with Gasteiger partial charge in [-0.15, -0.1) is 5.06 Å². The quantitative estimate of drug-likeness (QED) is 0.859. The molecule has 2 aliphatic rings. The van der Waals surface area contributed by atoms with Crippen molar-refractivity contribution in [1.29, 1.82) is 0 Å². The maximum atomic E-state index is 11.9. The second-order valence-corrected chi connectivity index (χ2v) is 5.24. The van der Waals surface area contributed by atoms with E-state index in [1.807, 2.05) is 18.2 Å². The fourth-order valence-corrected chi connectivity index (χ4v) is 3.04. The van der Waals surface area contributed by atoms with Crippen molar-refractivity contribution in [2.24, 2.45) is 11.8 Å². The number of benzene rings is 1. The predicted octanol–water partition coefficient (Wildman–Crippen LogP) is 1.46. The molecule has 18 heavy (non-hydrogen) atoms. The van der Waals surface area contributed by atoms with Gasteiger partial charge >= 0.3 is 5.97 Å². The fourth-order valence-electron chi connectivity index (χ4n) is 3.04. The van der Waals surface area contributed by atoms with Crippen molar-refractivity contribution < 1.29 is 14.7 Å². The monoisotopic (exact) mass is 247 g/mol. The van der Waals surface area contributed by atoms with E-state index >= 15 is 0 Å². The number of rotatable bonds is 2. The van der Waals surface area contributed by atoms with Gasteiger partial charge in [0.1, 0.15) is 0 Å². The molecule has 1 saturated heterocycles. The van der Waals surface area contributed by atoms with Crippen molar-refractivity contribution in [3.05, 3.63) is 35.9 Å². The zero-order valence-corrected chi connectivity index (χ0v) is 10.2. The van der Waals surface area contributed by atoms with E-state index in [9.17, 15) is 9.90 Å². The van der Waals surface area contributed by atoms with E-state index in [2.05, 4.69) is 0 Å². The van der Waals surface area contributed by atoms with E-state index in [-0.39, 0.29) is 12.1 Å². The van der Waals surface area contributed by atoms with Crippen molar-refractivity contribution in [2.45, 2.75) is 18.9 Å². The molecule has 0 radical (unpaired) electrons. The standard InChI is InChI=1S/C14H17NO3/c16-13-6-11-8-15(9-12(11)7-13)18-14(17)10-4-2-1-3-5-10/h1-5,11-13,16H,6-9H2/t11-,12+,13-. The topological polar surface area (TPSA) is 49.8 Å². The van der Waals surface area contributed by atoms with Crippen molar-refractivity contribution in [3.8, 4) is 0 Å². The predicted molar refractivity (Wildman–Crippen MR) is 65.7 cm³/mol. The van der Waals surface area contributed by atoms with Gasteiger partial charge in [0.25, 0.3) is 0 Å². The molecule has 0 bridgehead atoms. The molecule has 1 aromatic carbocycles. The first-order valence-corrected chi connectivity index (χ1v) is 6.42. The molecule has 1 saturated carbocycles. The highest BCUT2D eigenvalue weighted by Crippen LogP contribution is 2.38. The van der Waals surface area contributed by atoms with Gasteiger partial charge < -0.3 is 9.94 Å². The summed E-state index contributed by atoms with van der Waals surface area (Å²) in [6.45, 7) is 1.50. The van der Waals surface area contributed by atoms with E-state index in [0.717, 1.165) is 25.9 Å². The maximum absolute atomic E-state index is 11.9. The number of fused-ring (bicyclic) bond motifs is 1. The minimum atomic E-state index is -0.295. The lowest BCUT2D eigenvalue weighted by Crippen LogP contribution is -2.27. The van der Waals surface area contributed by atoms with Gasteiger partial charge in [0.15, 0.2) is 0 Å². The van der Waals surface area contributed by atoms with Gasteiger partial charge in [0, 0.05) is 13.1 Å². The highest BCUT2D eigenvalue weighted by Gasteiger charge is 2.41. The Bertz CT molecular complexity index is 420. The van der Waals surface area contributed by atoms with Gasteiger partial charge in [-0.05, 0) is 36.8 Å². The zero-order chi connectivity index (χ0) is 12.5. The van der Waals surface area contributed by atoms with Crippen LogP contribution in [0.1, 0.15) is 23.2 Å². The van der Waals surface area contributed by atoms with E-state index < -0.39 is 0 Å². The molecule has 0 amide bonds. The maximum Gasteiger partial charge on any atom is 0.357 e. The largest absolute Gasteiger partial charge is 0.393 e. The molecule has 3 atom stereocenters. The van der Waals surface area contributed by atoms with Crippen LogP contribution in [0, 0.1) is 11.8 Å². The first-order valence-electron chi connectivity index (χ1n) is 6.42. The number of hydrogen-bond donors (Lipinski definition) is 1. The first kappa shape index (κ1) is 11.7. The molecule has 0 aromatic heterocycles. The van der Waals surface area contributed by atoms with Gasteiger partial charge in [-0.1, -0.05) is 18.2 Å². The summed E-state index contributed by atoms with van der Waals surface area (Å²) >= 11 is 0. The van der Waals surface area contributed by atoms with Crippen molar-refractivity contribution >= 4 is 5.97 Å². The third kappa shape index (κ3) is 2.26. The highest BCUT2D eigenvalue weighted by atomic mass is 16.7. The molecule has 1 aliphatic carbocycles. The summed E-state index contributed by atoms with van der Waals surface area (Å²) in [5.74, 6) is 0.656. The van der Waals surface area contributed by atoms with Crippen LogP contribution in [0.2, 0.25) is 0 Å². The van der Waals surface area contributed by atoms with Crippen LogP contribution in [0.5, 0.6) is 0 Å². The van der Waals surface area contributed by atoms with Gasteiger partial charge in [-0.2, -0.15) is 0 Å². The number of nitrogens with zero attached hydrogens (tertiary/aromatic N) is 1. The lowest BCUT2D eigenvalue weighted by molar-refractivity contribution is -0.0993. The number of carbonyl (C=O) groups excluding carboxylic acids is 1. The molecular weight excluding hydrogens is 230 g/mol. The Morgan fingerprint density at radius 2 is 1.78 bits per heavy atom. The van der Waals surface area contributed by atoms with Crippen LogP contribution in [0.25, 0.3) is 0 Å². The molecule has 4 nitrogen and oxygen atoms in total. The van der Waals surface area contributed by atoms with Crippen molar-refractivity contribution in [2.75, 3.05) is 13.1 Å². The number of hydrogen-bond acceptors (Lipinski definition) is 4. The van der Waals surface area contributed by atoms with Crippen LogP contribution in [-0.2, 0) is 4.84 Å². The summed E-state index contributed by atoms with van der Waals surface area (Å²) in [5, 5.41) is 11.3. The normalized spacial score (nSPS) is 31.3. The summed E-state index contributed by atoms with van der Waals surface area (Å²) in [6.07, 6.45) is 1.51. The molecule has 3 rings (SSSR count). The molecule has 1 aliphatic heterocycles. The summed E-state index contributed by atoms with van der Waals surface area (Å²) in [7, 11) is 0. The van der Waals surface area contributed by atoms with Crippen LogP contribution in [0.4, 0.5) is 0 Å². The number of aliphatic hydroxyl groups excluding tert-OH is 1. The van der Waals surface area contributed by atoms with Gasteiger partial charge in [0.2, 0.25) is 0 Å². The first-order chi connectivity index (χ1) is 8.72. The lowest BCUT2D eigenvalue weighted by Gasteiger charge is -2.16. The van der Waals surface area contributed by atoms with E-state index in [1.54, 1.807) is 17.2 Å². The van der Waals surface area contributed by atoms with Crippen LogP contribution >= 0.6 is 0 Å². The van der Waals surface area contributed by atoms with Crippen molar-refractivity contribution in [3.63, 3.8) is 0 Å². The molecule has 96 valence electrons. The van der Waals surface area contributed by atoms with Crippen LogP contribution in [0.15, 0.2) is 30.3 Å². The van der Waals surface area contributed by atoms with Crippen LogP contribution < -0.4 is 0 Å². The van der Waals surface area contributed by atoms with Gasteiger partial charge in [0.05, 0.1) is 11.7 Å². The summed E-state index contributed by atoms with van der Waals surface area (Å²) in [4.78, 5) is 17.3. The Hall–Kier alpha value is -1.39. The molecule has 2 fully saturated rings. The second-order valence-electron chi connectivity index (χ2n) is 5.24. The molecule has 0 spiro atoms. The Morgan fingerprint density at radius 1 is 1.17 bits per heavy atom. The fraction of sp³-hybridized carbons (Fsp3) is 0.500. The molecule has 4 heteroatoms. The number of carbonyl (C=O) groups is 1. The SMILES string of the molecule is O=C(ON1C[C@H]2C[C@@H](O)C[C@H]2C1)c1ccccc1. The minimum Gasteiger partial charge on any atom is -0.393 e. The molecule has 1 aromatic rings. The van der Waals surface area contributed by atoms with E-state index in [0.29, 0.717) is 17.4 Å². The van der Waals surface area contributed by atoms with Crippen molar-refractivity contribution in [1.82, 2.24) is 5.06 Å². The number of aliphatic hydroxyl groups is 1. The molecular formula is C14H17NO3. The van der Waals surface area contributed by atoms with Crippen LogP contribution in [0.3, 0.4) is 0 Å². The molecule has 1 N–H and O–H groups in total. The van der Waals surface area contributed by atoms with E-state index in [1.165, 1.54) is 0 Å². The smallest absolute Gasteiger partial charge is 0.357 e. The summed E-state index contributed by atoms with van der Waals surface area (Å²) < 4.78 is 0. The minimum absolute atomic E-state index is 0.160. The van der Waals surface area contributed by atoms with Crippen LogP contribution in [-0.4, -0.2) is 35.3 Å². The average molecular weight is 247 g/mol. The van der Waals surface area contributed by atoms with Gasteiger partial charge in [-0.25, -0.2) is 4.79 Å². The number of hydroxylamine groups is 2. The molecule has 0 unspecified atom stereocenters. The summed E-state index contributed by atoms with van der Waals surface area (Å²) in [5.41, 5.74) is 0.578. The summed E-state index contributed by atoms with van der Waals surface area (Å²) in [6, 6.07) is 9.03. The van der Waals surface area contributed by atoms with Gasteiger partial charge in [-0.3, -0.25) is 0 Å². The Balaban J connectivity index is 1.58. The third-order valence-electron chi connectivity index (χ3n) is 3.91. The highest BCUT2D eigenvalue weighted by molar-refractivity contribution is 5.89. The zero-order valence-electron chi connectivity index (χ0n) is 10.2. The second kappa shape index (κ2) is 4.71. The molecule has 1 heterocycles. The Labute approximate surface area is 106 Å². The average Bonchev–Trinajstić information content (AvgIpc) is 2.86. The third-order valence-corrected chi connectivity index (χ3v) is 3.91.